The van der Waals surface area contributed by atoms with Gasteiger partial charge in [-0.2, -0.15) is 4.98 Å². The molecule has 2 heterocycles. The van der Waals surface area contributed by atoms with Crippen LogP contribution in [0, 0.1) is 0 Å². The SMILES string of the molecule is CC(C)n1c(=O)n(-c2ccc(OCc3ccccc3)nc2OCc2ccccc2)c2ccc(Br)cc21. The molecule has 5 rings (SSSR count). The minimum atomic E-state index is -0.151. The third-order valence-corrected chi connectivity index (χ3v) is 6.35. The van der Waals surface area contributed by atoms with Gasteiger partial charge in [0, 0.05) is 16.6 Å². The number of benzene rings is 3. The van der Waals surface area contributed by atoms with Gasteiger partial charge in [0.15, 0.2) is 0 Å². The Balaban J connectivity index is 1.59. The largest absolute Gasteiger partial charge is 0.473 e. The summed E-state index contributed by atoms with van der Waals surface area (Å²) in [7, 11) is 0. The molecule has 0 aliphatic heterocycles. The van der Waals surface area contributed by atoms with Gasteiger partial charge in [-0.25, -0.2) is 4.79 Å². The van der Waals surface area contributed by atoms with Gasteiger partial charge in [-0.3, -0.25) is 9.13 Å². The molecule has 6 nitrogen and oxygen atoms in total. The molecule has 0 N–H and O–H groups in total. The molecule has 0 bridgehead atoms. The van der Waals surface area contributed by atoms with Gasteiger partial charge in [-0.05, 0) is 49.2 Å². The molecule has 7 heteroatoms. The van der Waals surface area contributed by atoms with Crippen LogP contribution >= 0.6 is 15.9 Å². The van der Waals surface area contributed by atoms with Crippen LogP contribution in [0.3, 0.4) is 0 Å². The number of rotatable bonds is 8. The Bertz CT molecular complexity index is 1540. The van der Waals surface area contributed by atoms with Crippen LogP contribution in [0.25, 0.3) is 16.7 Å². The van der Waals surface area contributed by atoms with Crippen LogP contribution in [-0.2, 0) is 13.2 Å². The van der Waals surface area contributed by atoms with Crippen molar-refractivity contribution in [2.75, 3.05) is 0 Å². The highest BCUT2D eigenvalue weighted by Gasteiger charge is 2.21. The summed E-state index contributed by atoms with van der Waals surface area (Å²) in [6.45, 7) is 4.69. The summed E-state index contributed by atoms with van der Waals surface area (Å²) in [4.78, 5) is 18.3. The van der Waals surface area contributed by atoms with Crippen molar-refractivity contribution in [1.82, 2.24) is 14.1 Å². The van der Waals surface area contributed by atoms with Crippen molar-refractivity contribution in [3.05, 3.63) is 117 Å². The van der Waals surface area contributed by atoms with E-state index in [9.17, 15) is 4.79 Å². The molecule has 36 heavy (non-hydrogen) atoms. The number of imidazole rings is 1. The van der Waals surface area contributed by atoms with Crippen molar-refractivity contribution in [2.24, 2.45) is 0 Å². The molecule has 5 aromatic rings. The first-order valence-corrected chi connectivity index (χ1v) is 12.6. The maximum Gasteiger partial charge on any atom is 0.334 e. The number of nitrogens with zero attached hydrogens (tertiary/aromatic N) is 3. The van der Waals surface area contributed by atoms with Crippen LogP contribution in [0.15, 0.2) is 100 Å². The molecule has 0 spiro atoms. The van der Waals surface area contributed by atoms with Crippen LogP contribution in [0.1, 0.15) is 31.0 Å². The lowest BCUT2D eigenvalue weighted by Crippen LogP contribution is -2.25. The Morgan fingerprint density at radius 3 is 2.08 bits per heavy atom. The Hall–Kier alpha value is -3.84. The van der Waals surface area contributed by atoms with Gasteiger partial charge in [-0.1, -0.05) is 76.6 Å². The molecular weight excluding hydrogens is 518 g/mol. The maximum atomic E-state index is 13.7. The number of ether oxygens (including phenoxy) is 2. The molecule has 0 atom stereocenters. The fourth-order valence-electron chi connectivity index (χ4n) is 4.15. The number of pyridine rings is 1. The normalized spacial score (nSPS) is 11.2. The Labute approximate surface area is 217 Å². The van der Waals surface area contributed by atoms with Crippen LogP contribution < -0.4 is 15.2 Å². The lowest BCUT2D eigenvalue weighted by atomic mass is 10.2. The number of aromatic nitrogens is 3. The first-order valence-electron chi connectivity index (χ1n) is 11.8. The molecule has 0 amide bonds. The van der Waals surface area contributed by atoms with E-state index in [4.69, 9.17) is 9.47 Å². The summed E-state index contributed by atoms with van der Waals surface area (Å²) in [6.07, 6.45) is 0. The molecular formula is C29H26BrN3O3. The maximum absolute atomic E-state index is 13.7. The van der Waals surface area contributed by atoms with E-state index in [1.165, 1.54) is 0 Å². The fraction of sp³-hybridized carbons (Fsp3) is 0.172. The molecule has 0 aliphatic carbocycles. The number of fused-ring (bicyclic) bond motifs is 1. The highest BCUT2D eigenvalue weighted by atomic mass is 79.9. The predicted molar refractivity (Wildman–Crippen MR) is 145 cm³/mol. The quantitative estimate of drug-likeness (QED) is 0.219. The zero-order chi connectivity index (χ0) is 25.1. The van der Waals surface area contributed by atoms with Gasteiger partial charge in [0.2, 0.25) is 11.8 Å². The standard InChI is InChI=1S/C29H26BrN3O3/c1-20(2)32-26-17-23(30)13-14-24(26)33(29(32)34)25-15-16-27(35-18-21-9-5-3-6-10-21)31-28(25)36-19-22-11-7-4-8-12-22/h3-17,20H,18-19H2,1-2H3. The average Bonchev–Trinajstić information content (AvgIpc) is 3.18. The monoisotopic (exact) mass is 543 g/mol. The van der Waals surface area contributed by atoms with Gasteiger partial charge in [0.05, 0.1) is 11.0 Å². The third-order valence-electron chi connectivity index (χ3n) is 5.86. The first-order chi connectivity index (χ1) is 17.5. The molecule has 0 radical (unpaired) electrons. The number of hydrogen-bond acceptors (Lipinski definition) is 4. The predicted octanol–water partition coefficient (Wildman–Crippen LogP) is 6.69. The van der Waals surface area contributed by atoms with Gasteiger partial charge < -0.3 is 9.47 Å². The third kappa shape index (κ3) is 4.93. The molecule has 0 fully saturated rings. The van der Waals surface area contributed by atoms with Crippen molar-refractivity contribution >= 4 is 27.0 Å². The van der Waals surface area contributed by atoms with Crippen molar-refractivity contribution in [3.8, 4) is 17.4 Å². The van der Waals surface area contributed by atoms with Gasteiger partial charge in [-0.15, -0.1) is 0 Å². The summed E-state index contributed by atoms with van der Waals surface area (Å²) in [5.41, 5.74) is 4.07. The summed E-state index contributed by atoms with van der Waals surface area (Å²) in [5.74, 6) is 0.756. The van der Waals surface area contributed by atoms with Crippen molar-refractivity contribution in [1.29, 1.82) is 0 Å². The first kappa shape index (κ1) is 23.9. The van der Waals surface area contributed by atoms with E-state index >= 15 is 0 Å². The highest BCUT2D eigenvalue weighted by Crippen LogP contribution is 2.30. The smallest absolute Gasteiger partial charge is 0.334 e. The Kier molecular flexibility index (Phi) is 6.91. The number of halogens is 1. The van der Waals surface area contributed by atoms with Crippen LogP contribution in [0.4, 0.5) is 0 Å². The van der Waals surface area contributed by atoms with Crippen molar-refractivity contribution < 1.29 is 9.47 Å². The van der Waals surface area contributed by atoms with Gasteiger partial charge in [0.1, 0.15) is 18.9 Å². The van der Waals surface area contributed by atoms with Gasteiger partial charge >= 0.3 is 5.69 Å². The second-order valence-corrected chi connectivity index (χ2v) is 9.65. The summed E-state index contributed by atoms with van der Waals surface area (Å²) >= 11 is 3.54. The molecule has 0 aliphatic rings. The van der Waals surface area contributed by atoms with E-state index in [0.717, 1.165) is 26.6 Å². The summed E-state index contributed by atoms with van der Waals surface area (Å²) in [5, 5.41) is 0. The topological polar surface area (TPSA) is 58.3 Å². The van der Waals surface area contributed by atoms with E-state index in [1.54, 1.807) is 15.2 Å². The zero-order valence-electron chi connectivity index (χ0n) is 20.1. The average molecular weight is 544 g/mol. The van der Waals surface area contributed by atoms with Crippen molar-refractivity contribution in [2.45, 2.75) is 33.1 Å². The molecule has 2 aromatic heterocycles. The molecule has 0 saturated heterocycles. The second-order valence-electron chi connectivity index (χ2n) is 8.74. The molecule has 3 aromatic carbocycles. The van der Waals surface area contributed by atoms with E-state index in [0.29, 0.717) is 30.7 Å². The van der Waals surface area contributed by atoms with Crippen LogP contribution in [0.2, 0.25) is 0 Å². The van der Waals surface area contributed by atoms with Crippen molar-refractivity contribution in [3.63, 3.8) is 0 Å². The Morgan fingerprint density at radius 1 is 0.806 bits per heavy atom. The highest BCUT2D eigenvalue weighted by molar-refractivity contribution is 9.10. The van der Waals surface area contributed by atoms with Crippen LogP contribution in [0.5, 0.6) is 11.8 Å². The Morgan fingerprint density at radius 2 is 1.44 bits per heavy atom. The zero-order valence-corrected chi connectivity index (χ0v) is 21.7. The van der Waals surface area contributed by atoms with E-state index < -0.39 is 0 Å². The molecule has 182 valence electrons. The van der Waals surface area contributed by atoms with E-state index in [1.807, 2.05) is 98.8 Å². The van der Waals surface area contributed by atoms with E-state index in [-0.39, 0.29) is 11.7 Å². The lowest BCUT2D eigenvalue weighted by molar-refractivity contribution is 0.267. The van der Waals surface area contributed by atoms with Crippen LogP contribution in [-0.4, -0.2) is 14.1 Å². The molecule has 0 saturated carbocycles. The molecule has 0 unspecified atom stereocenters. The second kappa shape index (κ2) is 10.4. The summed E-state index contributed by atoms with van der Waals surface area (Å²) in [6, 6.07) is 29.2. The van der Waals surface area contributed by atoms with Gasteiger partial charge in [0.25, 0.3) is 0 Å². The fourth-order valence-corrected chi connectivity index (χ4v) is 4.50. The minimum absolute atomic E-state index is 0.0225. The summed E-state index contributed by atoms with van der Waals surface area (Å²) < 4.78 is 16.5. The lowest BCUT2D eigenvalue weighted by Gasteiger charge is -2.14. The number of hydrogen-bond donors (Lipinski definition) is 0. The van der Waals surface area contributed by atoms with E-state index in [2.05, 4.69) is 20.9 Å². The minimum Gasteiger partial charge on any atom is -0.473 e.